The van der Waals surface area contributed by atoms with Crippen LogP contribution >= 0.6 is 0 Å². The molecular weight excluding hydrogens is 576 g/mol. The van der Waals surface area contributed by atoms with Crippen LogP contribution in [0.4, 0.5) is 0 Å². The lowest BCUT2D eigenvalue weighted by Gasteiger charge is -2.73. The molecule has 0 amide bonds. The van der Waals surface area contributed by atoms with E-state index in [0.29, 0.717) is 36.2 Å². The van der Waals surface area contributed by atoms with Gasteiger partial charge in [-0.05, 0) is 129 Å². The Hall–Kier alpha value is -2.63. The lowest BCUT2D eigenvalue weighted by molar-refractivity contribution is -0.249. The van der Waals surface area contributed by atoms with Crippen LogP contribution in [0.5, 0.6) is 0 Å². The Bertz CT molecular complexity index is 1430. The van der Waals surface area contributed by atoms with Crippen molar-refractivity contribution >= 4 is 17.9 Å². The predicted molar refractivity (Wildman–Crippen MR) is 178 cm³/mol. The van der Waals surface area contributed by atoms with Crippen molar-refractivity contribution < 1.29 is 29.0 Å². The number of benzene rings is 1. The van der Waals surface area contributed by atoms with E-state index in [1.165, 1.54) is 30.9 Å². The van der Waals surface area contributed by atoms with Gasteiger partial charge in [-0.25, -0.2) is 9.59 Å². The van der Waals surface area contributed by atoms with Gasteiger partial charge in [0.25, 0.3) is 0 Å². The molecule has 5 aliphatic rings. The Morgan fingerprint density at radius 3 is 2.17 bits per heavy atom. The molecule has 46 heavy (non-hydrogen) atoms. The molecule has 0 saturated heterocycles. The molecule has 0 heterocycles. The van der Waals surface area contributed by atoms with E-state index in [9.17, 15) is 19.5 Å². The Morgan fingerprint density at radius 1 is 0.826 bits per heavy atom. The summed E-state index contributed by atoms with van der Waals surface area (Å²) in [6.07, 6.45) is 10.8. The molecule has 0 radical (unpaired) electrons. The molecule has 0 bridgehead atoms. The molecule has 0 aromatic heterocycles. The van der Waals surface area contributed by atoms with Crippen LogP contribution in [0.2, 0.25) is 0 Å². The highest BCUT2D eigenvalue weighted by atomic mass is 16.5. The van der Waals surface area contributed by atoms with Crippen LogP contribution in [0.25, 0.3) is 0 Å². The van der Waals surface area contributed by atoms with Crippen LogP contribution in [0.15, 0.2) is 36.4 Å². The van der Waals surface area contributed by atoms with Gasteiger partial charge in [-0.1, -0.05) is 58.9 Å². The van der Waals surface area contributed by atoms with Crippen molar-refractivity contribution in [3.63, 3.8) is 0 Å². The van der Waals surface area contributed by atoms with Crippen molar-refractivity contribution in [3.05, 3.63) is 47.5 Å². The van der Waals surface area contributed by atoms with E-state index in [4.69, 9.17) is 9.47 Å². The highest BCUT2D eigenvalue weighted by Gasteiger charge is 2.71. The third kappa shape index (κ3) is 4.73. The molecule has 0 aliphatic heterocycles. The quantitative estimate of drug-likeness (QED) is 0.249. The Morgan fingerprint density at radius 2 is 1.52 bits per heavy atom. The van der Waals surface area contributed by atoms with Crippen molar-refractivity contribution in [2.45, 2.75) is 119 Å². The molecule has 252 valence electrons. The zero-order chi connectivity index (χ0) is 33.4. The number of carbonyl (C=O) groups excluding carboxylic acids is 2. The summed E-state index contributed by atoms with van der Waals surface area (Å²) in [7, 11) is 0. The van der Waals surface area contributed by atoms with Gasteiger partial charge in [0.1, 0.15) is 6.10 Å². The van der Waals surface area contributed by atoms with Gasteiger partial charge in [0.2, 0.25) is 0 Å². The van der Waals surface area contributed by atoms with E-state index in [0.717, 1.165) is 44.9 Å². The smallest absolute Gasteiger partial charge is 0.339 e. The highest BCUT2D eigenvalue weighted by Crippen LogP contribution is 2.77. The minimum absolute atomic E-state index is 0.00935. The summed E-state index contributed by atoms with van der Waals surface area (Å²) >= 11 is 0. The number of allylic oxidation sites excluding steroid dienone is 1. The first-order chi connectivity index (χ1) is 21.5. The van der Waals surface area contributed by atoms with Crippen molar-refractivity contribution in [2.75, 3.05) is 6.61 Å². The Kier molecular flexibility index (Phi) is 8.12. The summed E-state index contributed by atoms with van der Waals surface area (Å²) in [5.74, 6) is 0.747. The van der Waals surface area contributed by atoms with E-state index in [2.05, 4.69) is 48.1 Å². The lowest BCUT2D eigenvalue weighted by Crippen LogP contribution is -2.67. The number of aromatic carboxylic acids is 1. The lowest BCUT2D eigenvalue weighted by atomic mass is 9.32. The van der Waals surface area contributed by atoms with E-state index in [-0.39, 0.29) is 50.3 Å². The summed E-state index contributed by atoms with van der Waals surface area (Å²) < 4.78 is 12.0. The first-order valence-electron chi connectivity index (χ1n) is 17.8. The molecule has 6 nitrogen and oxygen atoms in total. The van der Waals surface area contributed by atoms with Crippen molar-refractivity contribution in [2.24, 2.45) is 56.7 Å². The largest absolute Gasteiger partial charge is 0.478 e. The minimum atomic E-state index is -1.11. The number of carboxylic acid groups (broad SMARTS) is 1. The van der Waals surface area contributed by atoms with E-state index >= 15 is 0 Å². The third-order valence-electron chi connectivity index (χ3n) is 15.4. The maximum Gasteiger partial charge on any atom is 0.339 e. The van der Waals surface area contributed by atoms with Gasteiger partial charge in [0.15, 0.2) is 0 Å². The normalized spacial score (nSPS) is 42.4. The van der Waals surface area contributed by atoms with Gasteiger partial charge in [-0.15, -0.1) is 0 Å². The molecule has 5 aliphatic carbocycles. The van der Waals surface area contributed by atoms with Gasteiger partial charge in [-0.2, -0.15) is 0 Å². The van der Waals surface area contributed by atoms with Gasteiger partial charge >= 0.3 is 17.9 Å². The highest BCUT2D eigenvalue weighted by molar-refractivity contribution is 6.02. The summed E-state index contributed by atoms with van der Waals surface area (Å²) in [6.45, 7) is 21.1. The molecule has 5 fully saturated rings. The number of fused-ring (bicyclic) bond motifs is 7. The van der Waals surface area contributed by atoms with Crippen LogP contribution in [0, 0.1) is 56.7 Å². The first-order valence-corrected chi connectivity index (χ1v) is 17.8. The Balaban J connectivity index is 1.27. The molecule has 1 aromatic carbocycles. The van der Waals surface area contributed by atoms with Crippen LogP contribution in [-0.2, 0) is 14.3 Å². The van der Waals surface area contributed by atoms with E-state index in [1.54, 1.807) is 25.1 Å². The summed E-state index contributed by atoms with van der Waals surface area (Å²) in [6, 6.07) is 6.37. The fourth-order valence-corrected chi connectivity index (χ4v) is 13.0. The third-order valence-corrected chi connectivity index (χ3v) is 15.4. The number of carbonyl (C=O) groups is 3. The second-order valence-corrected chi connectivity index (χ2v) is 17.4. The zero-order valence-electron chi connectivity index (χ0n) is 29.2. The molecule has 1 aromatic rings. The van der Waals surface area contributed by atoms with Crippen LogP contribution in [0.3, 0.4) is 0 Å². The number of hydrogen-bond donors (Lipinski definition) is 1. The summed E-state index contributed by atoms with van der Waals surface area (Å²) in [5.41, 5.74) is 1.75. The molecule has 0 unspecified atom stereocenters. The minimum Gasteiger partial charge on any atom is -0.478 e. The maximum atomic E-state index is 13.4. The summed E-state index contributed by atoms with van der Waals surface area (Å²) in [4.78, 5) is 37.2. The van der Waals surface area contributed by atoms with Crippen LogP contribution in [0.1, 0.15) is 133 Å². The molecule has 1 N–H and O–H groups in total. The first kappa shape index (κ1) is 33.3. The van der Waals surface area contributed by atoms with Gasteiger partial charge in [0, 0.05) is 17.8 Å². The standard InChI is InChI=1S/C40H56O6/c1-24(2)26-15-20-40(23-45-25(3)41)22-21-38(7)29(33(26)40)13-14-31-37(6)18-17-32(36(4,5)30(37)16-19-39(31,38)8)46-35(44)28-12-10-9-11-27(28)34(42)43/h9-12,26,29-33H,1,13-23H2,2-8H3,(H,42,43)/t26-,29-,30+,31+,32+,33+,37-,38-,39-,40-/m1/s1. The van der Waals surface area contributed by atoms with E-state index in [1.807, 2.05) is 0 Å². The molecule has 6 heteroatoms. The van der Waals surface area contributed by atoms with Gasteiger partial charge < -0.3 is 14.6 Å². The molecule has 6 rings (SSSR count). The monoisotopic (exact) mass is 632 g/mol. The number of rotatable bonds is 6. The van der Waals surface area contributed by atoms with Crippen molar-refractivity contribution in [3.8, 4) is 0 Å². The maximum absolute atomic E-state index is 13.4. The second kappa shape index (κ2) is 11.2. The second-order valence-electron chi connectivity index (χ2n) is 17.4. The molecule has 0 spiro atoms. The molecule has 5 saturated carbocycles. The fourth-order valence-electron chi connectivity index (χ4n) is 13.0. The SMILES string of the molecule is C=C(C)[C@H]1CC[C@]2(COC(C)=O)CC[C@]3(C)[C@H](CC[C@H]4[C@]5(C)CC[C@H](OC(=O)c6ccccc6C(=O)O)C(C)(C)[C@@H]5CC[C@]43C)[C@H]12. The van der Waals surface area contributed by atoms with Crippen molar-refractivity contribution in [1.29, 1.82) is 0 Å². The average Bonchev–Trinajstić information content (AvgIpc) is 3.38. The van der Waals surface area contributed by atoms with E-state index < -0.39 is 11.9 Å². The topological polar surface area (TPSA) is 89.9 Å². The number of ether oxygens (including phenoxy) is 2. The fraction of sp³-hybridized carbons (Fsp3) is 0.725. The number of hydrogen-bond acceptors (Lipinski definition) is 5. The van der Waals surface area contributed by atoms with Gasteiger partial charge in [0.05, 0.1) is 17.7 Å². The van der Waals surface area contributed by atoms with Crippen LogP contribution < -0.4 is 0 Å². The van der Waals surface area contributed by atoms with Crippen LogP contribution in [-0.4, -0.2) is 35.7 Å². The summed E-state index contributed by atoms with van der Waals surface area (Å²) in [5, 5.41) is 9.67. The molecule has 10 atom stereocenters. The predicted octanol–water partition coefficient (Wildman–Crippen LogP) is 9.13. The zero-order valence-corrected chi connectivity index (χ0v) is 29.2. The van der Waals surface area contributed by atoms with Crippen molar-refractivity contribution in [1.82, 2.24) is 0 Å². The molecular formula is C40H56O6. The number of carboxylic acids is 1. The Labute approximate surface area is 276 Å². The average molecular weight is 633 g/mol. The number of esters is 2. The van der Waals surface area contributed by atoms with Gasteiger partial charge in [-0.3, -0.25) is 4.79 Å².